The minimum atomic E-state index is -3.43. The SMILES string of the molecule is C[C@H]1C[C@H](OC(=O)c2cccc(NS(C)(=O)=O)c2)C(=O)O1. The van der Waals surface area contributed by atoms with E-state index in [0.717, 1.165) is 6.26 Å². The summed E-state index contributed by atoms with van der Waals surface area (Å²) >= 11 is 0. The van der Waals surface area contributed by atoms with Crippen molar-refractivity contribution in [3.05, 3.63) is 29.8 Å². The number of benzene rings is 1. The van der Waals surface area contributed by atoms with Crippen LogP contribution < -0.4 is 4.72 Å². The summed E-state index contributed by atoms with van der Waals surface area (Å²) in [5.74, 6) is -1.27. The van der Waals surface area contributed by atoms with Gasteiger partial charge in [0.2, 0.25) is 16.1 Å². The Balaban J connectivity index is 2.09. The third-order valence-electron chi connectivity index (χ3n) is 2.78. The van der Waals surface area contributed by atoms with Crippen LogP contribution in [0.1, 0.15) is 23.7 Å². The van der Waals surface area contributed by atoms with E-state index >= 15 is 0 Å². The number of nitrogens with one attached hydrogen (secondary N) is 1. The number of sulfonamides is 1. The Morgan fingerprint density at radius 2 is 2.14 bits per heavy atom. The molecule has 1 fully saturated rings. The summed E-state index contributed by atoms with van der Waals surface area (Å²) in [6.45, 7) is 1.71. The maximum absolute atomic E-state index is 12.0. The maximum Gasteiger partial charge on any atom is 0.347 e. The van der Waals surface area contributed by atoms with E-state index in [4.69, 9.17) is 9.47 Å². The standard InChI is InChI=1S/C13H15NO6S/c1-8-6-11(13(16)19-8)20-12(15)9-4-3-5-10(7-9)14-21(2,17)18/h3-5,7-8,11,14H,6H2,1-2H3/t8-,11-/m0/s1. The quantitative estimate of drug-likeness (QED) is 0.830. The molecular weight excluding hydrogens is 298 g/mol. The molecule has 21 heavy (non-hydrogen) atoms. The number of ether oxygens (including phenoxy) is 2. The van der Waals surface area contributed by atoms with Crippen LogP contribution >= 0.6 is 0 Å². The number of esters is 2. The van der Waals surface area contributed by atoms with Gasteiger partial charge in [0.25, 0.3) is 0 Å². The molecule has 1 saturated heterocycles. The van der Waals surface area contributed by atoms with E-state index in [1.165, 1.54) is 24.3 Å². The van der Waals surface area contributed by atoms with E-state index in [1.807, 2.05) is 0 Å². The van der Waals surface area contributed by atoms with Gasteiger partial charge in [0.15, 0.2) is 0 Å². The zero-order valence-electron chi connectivity index (χ0n) is 11.5. The highest BCUT2D eigenvalue weighted by atomic mass is 32.2. The Morgan fingerprint density at radius 3 is 2.71 bits per heavy atom. The van der Waals surface area contributed by atoms with Gasteiger partial charge in [-0.3, -0.25) is 4.72 Å². The number of carbonyl (C=O) groups excluding carboxylic acids is 2. The molecule has 1 aliphatic heterocycles. The monoisotopic (exact) mass is 313 g/mol. The first-order valence-electron chi connectivity index (χ1n) is 6.24. The molecule has 8 heteroatoms. The summed E-state index contributed by atoms with van der Waals surface area (Å²) in [5.41, 5.74) is 0.394. The minimum Gasteiger partial charge on any atom is -0.460 e. The number of anilines is 1. The average molecular weight is 313 g/mol. The number of cyclic esters (lactones) is 1. The molecule has 1 aromatic carbocycles. The number of carbonyl (C=O) groups is 2. The summed E-state index contributed by atoms with van der Waals surface area (Å²) < 4.78 is 34.5. The first-order valence-corrected chi connectivity index (χ1v) is 8.13. The summed E-state index contributed by atoms with van der Waals surface area (Å²) in [6.07, 6.45) is 0.118. The number of hydrogen-bond acceptors (Lipinski definition) is 6. The molecule has 1 aliphatic rings. The van der Waals surface area contributed by atoms with Crippen molar-refractivity contribution >= 4 is 27.6 Å². The fraction of sp³-hybridized carbons (Fsp3) is 0.385. The third kappa shape index (κ3) is 4.19. The van der Waals surface area contributed by atoms with Gasteiger partial charge in [-0.1, -0.05) is 6.07 Å². The second kappa shape index (κ2) is 5.72. The van der Waals surface area contributed by atoms with E-state index in [-0.39, 0.29) is 17.4 Å². The second-order valence-corrected chi connectivity index (χ2v) is 6.58. The van der Waals surface area contributed by atoms with E-state index in [1.54, 1.807) is 6.92 Å². The Labute approximate surface area is 122 Å². The van der Waals surface area contributed by atoms with E-state index in [0.29, 0.717) is 6.42 Å². The van der Waals surface area contributed by atoms with E-state index < -0.39 is 28.1 Å². The molecule has 0 aliphatic carbocycles. The van der Waals surface area contributed by atoms with Crippen LogP contribution in [0.3, 0.4) is 0 Å². The van der Waals surface area contributed by atoms with Crippen molar-refractivity contribution in [2.45, 2.75) is 25.6 Å². The molecule has 0 unspecified atom stereocenters. The van der Waals surface area contributed by atoms with Gasteiger partial charge < -0.3 is 9.47 Å². The molecular formula is C13H15NO6S. The highest BCUT2D eigenvalue weighted by molar-refractivity contribution is 7.92. The predicted octanol–water partition coefficient (Wildman–Crippen LogP) is 0.919. The van der Waals surface area contributed by atoms with Crippen LogP contribution in [0.2, 0.25) is 0 Å². The van der Waals surface area contributed by atoms with Crippen molar-refractivity contribution in [2.75, 3.05) is 11.0 Å². The Kier molecular flexibility index (Phi) is 4.17. The summed E-state index contributed by atoms with van der Waals surface area (Å²) in [7, 11) is -3.43. The molecule has 114 valence electrons. The first-order chi connectivity index (χ1) is 9.74. The summed E-state index contributed by atoms with van der Waals surface area (Å²) in [6, 6.07) is 5.83. The van der Waals surface area contributed by atoms with Crippen LogP contribution in [-0.4, -0.2) is 38.8 Å². The van der Waals surface area contributed by atoms with Gasteiger partial charge in [-0.15, -0.1) is 0 Å². The van der Waals surface area contributed by atoms with Gasteiger partial charge in [0.1, 0.15) is 6.10 Å². The highest BCUT2D eigenvalue weighted by Crippen LogP contribution is 2.20. The molecule has 1 N–H and O–H groups in total. The Morgan fingerprint density at radius 1 is 1.43 bits per heavy atom. The Bertz CT molecular complexity index is 669. The summed E-state index contributed by atoms with van der Waals surface area (Å²) in [4.78, 5) is 23.4. The molecule has 0 bridgehead atoms. The van der Waals surface area contributed by atoms with Crippen LogP contribution in [0.4, 0.5) is 5.69 Å². The molecule has 7 nitrogen and oxygen atoms in total. The molecule has 1 heterocycles. The van der Waals surface area contributed by atoms with Crippen LogP contribution in [0.5, 0.6) is 0 Å². The second-order valence-electron chi connectivity index (χ2n) is 4.83. The molecule has 0 aromatic heterocycles. The lowest BCUT2D eigenvalue weighted by atomic mass is 10.2. The lowest BCUT2D eigenvalue weighted by molar-refractivity contribution is -0.147. The van der Waals surface area contributed by atoms with Crippen molar-refractivity contribution < 1.29 is 27.5 Å². The molecule has 0 spiro atoms. The first kappa shape index (κ1) is 15.3. The topological polar surface area (TPSA) is 98.8 Å². The van der Waals surface area contributed by atoms with Gasteiger partial charge in [-0.2, -0.15) is 0 Å². The van der Waals surface area contributed by atoms with Crippen LogP contribution in [0.25, 0.3) is 0 Å². The number of hydrogen-bond donors (Lipinski definition) is 1. The van der Waals surface area contributed by atoms with E-state index in [9.17, 15) is 18.0 Å². The molecule has 2 atom stereocenters. The van der Waals surface area contributed by atoms with Crippen molar-refractivity contribution in [2.24, 2.45) is 0 Å². The van der Waals surface area contributed by atoms with Crippen molar-refractivity contribution in [3.8, 4) is 0 Å². The van der Waals surface area contributed by atoms with Gasteiger partial charge in [-0.05, 0) is 25.1 Å². The minimum absolute atomic E-state index is 0.149. The van der Waals surface area contributed by atoms with Crippen LogP contribution in [0, 0.1) is 0 Å². The zero-order valence-corrected chi connectivity index (χ0v) is 12.3. The lowest BCUT2D eigenvalue weighted by Gasteiger charge is -2.09. The van der Waals surface area contributed by atoms with Crippen molar-refractivity contribution in [1.82, 2.24) is 0 Å². The zero-order chi connectivity index (χ0) is 15.6. The summed E-state index contributed by atoms with van der Waals surface area (Å²) in [5, 5.41) is 0. The van der Waals surface area contributed by atoms with Crippen molar-refractivity contribution in [1.29, 1.82) is 0 Å². The normalized spacial score (nSPS) is 21.7. The molecule has 0 amide bonds. The molecule has 1 aromatic rings. The van der Waals surface area contributed by atoms with Gasteiger partial charge >= 0.3 is 11.9 Å². The molecule has 0 radical (unpaired) electrons. The maximum atomic E-state index is 12.0. The predicted molar refractivity (Wildman–Crippen MR) is 74.3 cm³/mol. The fourth-order valence-corrected chi connectivity index (χ4v) is 2.49. The smallest absolute Gasteiger partial charge is 0.347 e. The third-order valence-corrected chi connectivity index (χ3v) is 3.38. The van der Waals surface area contributed by atoms with Crippen LogP contribution in [0.15, 0.2) is 24.3 Å². The Hall–Kier alpha value is -2.09. The molecule has 0 saturated carbocycles. The average Bonchev–Trinajstić information content (AvgIpc) is 2.66. The van der Waals surface area contributed by atoms with Crippen molar-refractivity contribution in [3.63, 3.8) is 0 Å². The van der Waals surface area contributed by atoms with Crippen LogP contribution in [-0.2, 0) is 24.3 Å². The van der Waals surface area contributed by atoms with Gasteiger partial charge in [0, 0.05) is 12.1 Å². The fourth-order valence-electron chi connectivity index (χ4n) is 1.94. The van der Waals surface area contributed by atoms with E-state index in [2.05, 4.69) is 4.72 Å². The number of rotatable bonds is 4. The largest absolute Gasteiger partial charge is 0.460 e. The van der Waals surface area contributed by atoms with Gasteiger partial charge in [0.05, 0.1) is 11.8 Å². The molecule has 2 rings (SSSR count). The highest BCUT2D eigenvalue weighted by Gasteiger charge is 2.35. The lowest BCUT2D eigenvalue weighted by Crippen LogP contribution is -2.22. The van der Waals surface area contributed by atoms with Gasteiger partial charge in [-0.25, -0.2) is 18.0 Å².